The lowest BCUT2D eigenvalue weighted by Crippen LogP contribution is -2.39. The topological polar surface area (TPSA) is 75.2 Å². The van der Waals surface area contributed by atoms with Crippen LogP contribution in [0.2, 0.25) is 0 Å². The van der Waals surface area contributed by atoms with Gasteiger partial charge in [-0.05, 0) is 31.2 Å². The van der Waals surface area contributed by atoms with Gasteiger partial charge in [0.15, 0.2) is 23.4 Å². The molecular weight excluding hydrogens is 413 g/mol. The van der Waals surface area contributed by atoms with Gasteiger partial charge in [0.25, 0.3) is 0 Å². The molecule has 0 aliphatic rings. The molecule has 31 heavy (non-hydrogen) atoms. The summed E-state index contributed by atoms with van der Waals surface area (Å²) in [6, 6.07) is 7.10. The molecule has 10 heteroatoms. The van der Waals surface area contributed by atoms with Gasteiger partial charge in [0.05, 0.1) is 19.9 Å². The lowest BCUT2D eigenvalue weighted by Gasteiger charge is -2.23. The summed E-state index contributed by atoms with van der Waals surface area (Å²) in [4.78, 5) is 18.1. The van der Waals surface area contributed by atoms with E-state index >= 15 is 0 Å². The van der Waals surface area contributed by atoms with Crippen LogP contribution in [0.4, 0.5) is 18.9 Å². The number of aliphatic imine (C=N–C) groups is 1. The number of amides is 1. The van der Waals surface area contributed by atoms with E-state index in [2.05, 4.69) is 15.6 Å². The Morgan fingerprint density at radius 2 is 1.84 bits per heavy atom. The van der Waals surface area contributed by atoms with Crippen molar-refractivity contribution in [3.8, 4) is 11.5 Å². The predicted octanol–water partition coefficient (Wildman–Crippen LogP) is 3.16. The average Bonchev–Trinajstić information content (AvgIpc) is 2.77. The van der Waals surface area contributed by atoms with Gasteiger partial charge in [0.1, 0.15) is 18.0 Å². The third kappa shape index (κ3) is 6.27. The summed E-state index contributed by atoms with van der Waals surface area (Å²) in [6.07, 6.45) is 0. The quantitative estimate of drug-likeness (QED) is 0.376. The van der Waals surface area contributed by atoms with E-state index in [-0.39, 0.29) is 6.54 Å². The number of hydrogen-bond donors (Lipinski definition) is 2. The summed E-state index contributed by atoms with van der Waals surface area (Å²) in [5.74, 6) is -3.43. The number of guanidine groups is 1. The number of anilines is 1. The molecule has 168 valence electrons. The van der Waals surface area contributed by atoms with Crippen molar-refractivity contribution in [2.75, 3.05) is 39.7 Å². The van der Waals surface area contributed by atoms with Crippen molar-refractivity contribution in [1.82, 2.24) is 10.2 Å². The molecule has 7 nitrogen and oxygen atoms in total. The van der Waals surface area contributed by atoms with Crippen molar-refractivity contribution in [2.24, 2.45) is 4.99 Å². The van der Waals surface area contributed by atoms with E-state index in [0.717, 1.165) is 17.7 Å². The zero-order valence-electron chi connectivity index (χ0n) is 17.8. The number of nitrogens with one attached hydrogen (secondary N) is 2. The van der Waals surface area contributed by atoms with Crippen molar-refractivity contribution in [1.29, 1.82) is 0 Å². The van der Waals surface area contributed by atoms with Crippen molar-refractivity contribution in [2.45, 2.75) is 13.5 Å². The highest BCUT2D eigenvalue weighted by atomic mass is 19.2. The van der Waals surface area contributed by atoms with Crippen LogP contribution < -0.4 is 20.1 Å². The second-order valence-corrected chi connectivity index (χ2v) is 6.48. The van der Waals surface area contributed by atoms with E-state index < -0.39 is 29.0 Å². The molecule has 0 fully saturated rings. The van der Waals surface area contributed by atoms with Crippen LogP contribution in [0.25, 0.3) is 0 Å². The summed E-state index contributed by atoms with van der Waals surface area (Å²) in [7, 11) is 4.89. The van der Waals surface area contributed by atoms with Gasteiger partial charge in [-0.3, -0.25) is 4.79 Å². The zero-order chi connectivity index (χ0) is 23.0. The van der Waals surface area contributed by atoms with Gasteiger partial charge in [-0.25, -0.2) is 18.2 Å². The normalized spacial score (nSPS) is 11.1. The number of carbonyl (C=O) groups excluding carboxylic acids is 1. The number of halogens is 3. The van der Waals surface area contributed by atoms with Gasteiger partial charge in [0, 0.05) is 31.8 Å². The highest BCUT2D eigenvalue weighted by Gasteiger charge is 2.16. The molecule has 1 amide bonds. The zero-order valence-corrected chi connectivity index (χ0v) is 17.8. The Labute approximate surface area is 178 Å². The Morgan fingerprint density at radius 1 is 1.10 bits per heavy atom. The summed E-state index contributed by atoms with van der Waals surface area (Å²) >= 11 is 0. The minimum Gasteiger partial charge on any atom is -0.497 e. The van der Waals surface area contributed by atoms with Gasteiger partial charge < -0.3 is 25.0 Å². The Kier molecular flexibility index (Phi) is 8.53. The van der Waals surface area contributed by atoms with Crippen molar-refractivity contribution in [3.63, 3.8) is 0 Å². The first-order chi connectivity index (χ1) is 14.8. The van der Waals surface area contributed by atoms with E-state index in [1.54, 1.807) is 38.3 Å². The number of benzene rings is 2. The van der Waals surface area contributed by atoms with Crippen LogP contribution in [0.15, 0.2) is 35.3 Å². The number of rotatable bonds is 8. The Hall–Kier alpha value is -3.43. The maximum absolute atomic E-state index is 13.7. The van der Waals surface area contributed by atoms with Crippen molar-refractivity contribution < 1.29 is 27.4 Å². The van der Waals surface area contributed by atoms with Crippen molar-refractivity contribution >= 4 is 17.6 Å². The van der Waals surface area contributed by atoms with Crippen LogP contribution in [0, 0.1) is 17.5 Å². The fourth-order valence-electron chi connectivity index (χ4n) is 2.74. The number of nitrogens with zero attached hydrogens (tertiary/aromatic N) is 2. The average molecular weight is 438 g/mol. The molecule has 2 aromatic rings. The fraction of sp³-hybridized carbons (Fsp3) is 0.333. The van der Waals surface area contributed by atoms with E-state index in [0.29, 0.717) is 30.5 Å². The second kappa shape index (κ2) is 11.1. The summed E-state index contributed by atoms with van der Waals surface area (Å²) in [5.41, 5.74) is 0.408. The highest BCUT2D eigenvalue weighted by Crippen LogP contribution is 2.25. The molecule has 2 N–H and O–H groups in total. The van der Waals surface area contributed by atoms with Crippen LogP contribution in [-0.2, 0) is 11.3 Å². The Morgan fingerprint density at radius 3 is 2.48 bits per heavy atom. The number of ether oxygens (including phenoxy) is 2. The van der Waals surface area contributed by atoms with Crippen LogP contribution in [-0.4, -0.2) is 51.1 Å². The van der Waals surface area contributed by atoms with Gasteiger partial charge in [-0.2, -0.15) is 0 Å². The summed E-state index contributed by atoms with van der Waals surface area (Å²) in [5, 5.41) is 5.24. The SMILES string of the molecule is CCNC(=NCC(=O)Nc1ccc(F)c(F)c1F)N(C)Cc1ccc(OC)cc1OC. The molecule has 0 aromatic heterocycles. The third-order valence-corrected chi connectivity index (χ3v) is 4.28. The van der Waals surface area contributed by atoms with Gasteiger partial charge in [-0.15, -0.1) is 0 Å². The largest absolute Gasteiger partial charge is 0.497 e. The van der Waals surface area contributed by atoms with Crippen LogP contribution >= 0.6 is 0 Å². The van der Waals surface area contributed by atoms with Crippen LogP contribution in [0.3, 0.4) is 0 Å². The first-order valence-electron chi connectivity index (χ1n) is 9.44. The summed E-state index contributed by atoms with van der Waals surface area (Å²) in [6.45, 7) is 2.47. The lowest BCUT2D eigenvalue weighted by molar-refractivity contribution is -0.114. The minimum absolute atomic E-state index is 0.356. The lowest BCUT2D eigenvalue weighted by atomic mass is 10.2. The molecule has 0 unspecified atom stereocenters. The highest BCUT2D eigenvalue weighted by molar-refractivity contribution is 5.94. The molecule has 0 saturated carbocycles. The van der Waals surface area contributed by atoms with E-state index in [1.807, 2.05) is 13.0 Å². The molecule has 0 saturated heterocycles. The van der Waals surface area contributed by atoms with Crippen molar-refractivity contribution in [3.05, 3.63) is 53.3 Å². The van der Waals surface area contributed by atoms with Gasteiger partial charge in [0.2, 0.25) is 5.91 Å². The first-order valence-corrected chi connectivity index (χ1v) is 9.44. The maximum Gasteiger partial charge on any atom is 0.246 e. The van der Waals surface area contributed by atoms with Gasteiger partial charge in [-0.1, -0.05) is 0 Å². The standard InChI is InChI=1S/C21H25F3N4O3/c1-5-25-21(28(2)12-13-6-7-14(30-3)10-17(13)31-4)26-11-18(29)27-16-9-8-15(22)19(23)20(16)24/h6-10H,5,11-12H2,1-4H3,(H,25,26)(H,27,29). The molecule has 0 spiro atoms. The maximum atomic E-state index is 13.7. The van der Waals surface area contributed by atoms with Crippen LogP contribution in [0.5, 0.6) is 11.5 Å². The number of methoxy groups -OCH3 is 2. The fourth-order valence-corrected chi connectivity index (χ4v) is 2.74. The predicted molar refractivity (Wildman–Crippen MR) is 112 cm³/mol. The minimum atomic E-state index is -1.65. The molecule has 0 bridgehead atoms. The molecule has 0 heterocycles. The van der Waals surface area contributed by atoms with Crippen LogP contribution in [0.1, 0.15) is 12.5 Å². The van der Waals surface area contributed by atoms with E-state index in [9.17, 15) is 18.0 Å². The Bertz CT molecular complexity index is 954. The van der Waals surface area contributed by atoms with E-state index in [4.69, 9.17) is 9.47 Å². The Balaban J connectivity index is 2.10. The second-order valence-electron chi connectivity index (χ2n) is 6.48. The summed E-state index contributed by atoms with van der Waals surface area (Å²) < 4.78 is 50.7. The molecule has 2 rings (SSSR count). The van der Waals surface area contributed by atoms with Gasteiger partial charge >= 0.3 is 0 Å². The monoisotopic (exact) mass is 438 g/mol. The molecule has 0 radical (unpaired) electrons. The molecule has 0 aliphatic carbocycles. The first kappa shape index (κ1) is 23.8. The number of hydrogen-bond acceptors (Lipinski definition) is 4. The third-order valence-electron chi connectivity index (χ3n) is 4.28. The number of carbonyl (C=O) groups is 1. The smallest absolute Gasteiger partial charge is 0.246 e. The molecule has 2 aromatic carbocycles. The molecule has 0 aliphatic heterocycles. The molecule has 0 atom stereocenters. The molecular formula is C21H25F3N4O3. The van der Waals surface area contributed by atoms with E-state index in [1.165, 1.54) is 0 Å².